The lowest BCUT2D eigenvalue weighted by molar-refractivity contribution is -0.385. The first-order valence-corrected chi connectivity index (χ1v) is 8.73. The van der Waals surface area contributed by atoms with E-state index in [2.05, 4.69) is 10.3 Å². The molecule has 3 rings (SSSR count). The first kappa shape index (κ1) is 18.6. The fourth-order valence-corrected chi connectivity index (χ4v) is 2.91. The molecule has 0 aliphatic heterocycles. The number of rotatable bonds is 7. The molecule has 1 aromatic heterocycles. The van der Waals surface area contributed by atoms with Gasteiger partial charge in [0.25, 0.3) is 11.6 Å². The van der Waals surface area contributed by atoms with Gasteiger partial charge >= 0.3 is 0 Å². The van der Waals surface area contributed by atoms with E-state index in [4.69, 9.17) is 11.6 Å². The fourth-order valence-electron chi connectivity index (χ4n) is 2.73. The first-order valence-electron chi connectivity index (χ1n) is 8.35. The molecule has 0 bridgehead atoms. The Morgan fingerprint density at radius 2 is 2.00 bits per heavy atom. The van der Waals surface area contributed by atoms with Crippen molar-refractivity contribution >= 4 is 23.2 Å². The lowest BCUT2D eigenvalue weighted by atomic mass is 10.1. The minimum atomic E-state index is -0.594. The van der Waals surface area contributed by atoms with E-state index in [1.54, 1.807) is 6.20 Å². The topological polar surface area (TPSA) is 90.1 Å². The number of nitro benzene ring substituents is 1. The van der Waals surface area contributed by atoms with E-state index < -0.39 is 10.8 Å². The van der Waals surface area contributed by atoms with Crippen LogP contribution in [0.2, 0.25) is 5.02 Å². The SMILES string of the molecule is O=C(NCCCn1ccnc1-c1ccccc1)c1cc(Cl)ccc1[N+](=O)[O-]. The molecule has 0 saturated carbocycles. The van der Waals surface area contributed by atoms with Crippen molar-refractivity contribution < 1.29 is 9.72 Å². The third-order valence-corrected chi connectivity index (χ3v) is 4.24. The van der Waals surface area contributed by atoms with Crippen molar-refractivity contribution in [1.82, 2.24) is 14.9 Å². The maximum atomic E-state index is 12.3. The molecule has 0 saturated heterocycles. The molecule has 3 aromatic rings. The molecule has 1 N–H and O–H groups in total. The van der Waals surface area contributed by atoms with Gasteiger partial charge in [0.1, 0.15) is 11.4 Å². The zero-order chi connectivity index (χ0) is 19.2. The highest BCUT2D eigenvalue weighted by Crippen LogP contribution is 2.22. The van der Waals surface area contributed by atoms with Crippen molar-refractivity contribution in [3.63, 3.8) is 0 Å². The summed E-state index contributed by atoms with van der Waals surface area (Å²) < 4.78 is 2.00. The van der Waals surface area contributed by atoms with Crippen molar-refractivity contribution in [3.05, 3.63) is 81.6 Å². The summed E-state index contributed by atoms with van der Waals surface area (Å²) in [6.07, 6.45) is 4.26. The minimum absolute atomic E-state index is 0.0416. The standard InChI is InChI=1S/C19H17ClN4O3/c20-15-7-8-17(24(26)27)16(13-15)19(25)22-9-4-11-23-12-10-21-18(23)14-5-2-1-3-6-14/h1-3,5-8,10,12-13H,4,9,11H2,(H,22,25). The van der Waals surface area contributed by atoms with Gasteiger partial charge in [-0.15, -0.1) is 0 Å². The number of halogens is 1. The number of amides is 1. The van der Waals surface area contributed by atoms with Crippen LogP contribution in [0.25, 0.3) is 11.4 Å². The molecule has 2 aromatic carbocycles. The first-order chi connectivity index (χ1) is 13.1. The third-order valence-electron chi connectivity index (χ3n) is 4.01. The zero-order valence-corrected chi connectivity index (χ0v) is 15.1. The van der Waals surface area contributed by atoms with Crippen LogP contribution in [0.1, 0.15) is 16.8 Å². The van der Waals surface area contributed by atoms with E-state index >= 15 is 0 Å². The van der Waals surface area contributed by atoms with Crippen LogP contribution in [0.15, 0.2) is 60.9 Å². The molecule has 1 amide bonds. The molecule has 0 fully saturated rings. The molecule has 7 nitrogen and oxygen atoms in total. The lowest BCUT2D eigenvalue weighted by Gasteiger charge is -2.09. The summed E-state index contributed by atoms with van der Waals surface area (Å²) in [6, 6.07) is 13.7. The van der Waals surface area contributed by atoms with Crippen LogP contribution in [-0.2, 0) is 6.54 Å². The Labute approximate surface area is 160 Å². The summed E-state index contributed by atoms with van der Waals surface area (Å²) in [5.41, 5.74) is 0.707. The molecular weight excluding hydrogens is 368 g/mol. The van der Waals surface area contributed by atoms with Crippen molar-refractivity contribution in [2.75, 3.05) is 6.54 Å². The minimum Gasteiger partial charge on any atom is -0.352 e. The summed E-state index contributed by atoms with van der Waals surface area (Å²) >= 11 is 5.86. The summed E-state index contributed by atoms with van der Waals surface area (Å²) in [7, 11) is 0. The third kappa shape index (κ3) is 4.51. The van der Waals surface area contributed by atoms with Crippen LogP contribution in [0.4, 0.5) is 5.69 Å². The van der Waals surface area contributed by atoms with E-state index in [-0.39, 0.29) is 16.3 Å². The van der Waals surface area contributed by atoms with Crippen molar-refractivity contribution in [1.29, 1.82) is 0 Å². The van der Waals surface area contributed by atoms with Crippen molar-refractivity contribution in [2.24, 2.45) is 0 Å². The van der Waals surface area contributed by atoms with Crippen LogP contribution < -0.4 is 5.32 Å². The summed E-state index contributed by atoms with van der Waals surface area (Å²) in [4.78, 5) is 27.1. The van der Waals surface area contributed by atoms with E-state index in [0.29, 0.717) is 19.5 Å². The number of imidazole rings is 1. The van der Waals surface area contributed by atoms with Gasteiger partial charge in [-0.3, -0.25) is 14.9 Å². The van der Waals surface area contributed by atoms with Gasteiger partial charge in [0.2, 0.25) is 0 Å². The molecule has 0 aliphatic rings. The Morgan fingerprint density at radius 3 is 2.74 bits per heavy atom. The number of benzene rings is 2. The highest BCUT2D eigenvalue weighted by Gasteiger charge is 2.20. The van der Waals surface area contributed by atoms with Gasteiger partial charge < -0.3 is 9.88 Å². The normalized spacial score (nSPS) is 10.6. The Bertz CT molecular complexity index is 957. The van der Waals surface area contributed by atoms with Crippen LogP contribution in [0.3, 0.4) is 0 Å². The molecule has 138 valence electrons. The number of hydrogen-bond acceptors (Lipinski definition) is 4. The largest absolute Gasteiger partial charge is 0.352 e. The second-order valence-corrected chi connectivity index (χ2v) is 6.27. The molecule has 27 heavy (non-hydrogen) atoms. The maximum absolute atomic E-state index is 12.3. The smallest absolute Gasteiger partial charge is 0.282 e. The van der Waals surface area contributed by atoms with Crippen LogP contribution in [-0.4, -0.2) is 26.9 Å². The number of aromatic nitrogens is 2. The van der Waals surface area contributed by atoms with E-state index in [9.17, 15) is 14.9 Å². The summed E-state index contributed by atoms with van der Waals surface area (Å²) in [6.45, 7) is 1.02. The highest BCUT2D eigenvalue weighted by molar-refractivity contribution is 6.31. The number of nitrogens with one attached hydrogen (secondary N) is 1. The van der Waals surface area contributed by atoms with Crippen LogP contribution >= 0.6 is 11.6 Å². The molecule has 0 atom stereocenters. The lowest BCUT2D eigenvalue weighted by Crippen LogP contribution is -2.26. The van der Waals surface area contributed by atoms with E-state index in [1.165, 1.54) is 18.2 Å². The van der Waals surface area contributed by atoms with Crippen LogP contribution in [0.5, 0.6) is 0 Å². The fraction of sp³-hybridized carbons (Fsp3) is 0.158. The number of hydrogen-bond donors (Lipinski definition) is 1. The van der Waals surface area contributed by atoms with Crippen molar-refractivity contribution in [2.45, 2.75) is 13.0 Å². The number of carbonyl (C=O) groups is 1. The average molecular weight is 385 g/mol. The molecule has 1 heterocycles. The van der Waals surface area contributed by atoms with E-state index in [1.807, 2.05) is 41.1 Å². The van der Waals surface area contributed by atoms with Crippen LogP contribution in [0, 0.1) is 10.1 Å². The van der Waals surface area contributed by atoms with Crippen molar-refractivity contribution in [3.8, 4) is 11.4 Å². The van der Waals surface area contributed by atoms with Gasteiger partial charge in [-0.05, 0) is 18.6 Å². The predicted octanol–water partition coefficient (Wildman–Crippen LogP) is 3.93. The molecule has 0 aliphatic carbocycles. The number of nitrogens with zero attached hydrogens (tertiary/aromatic N) is 3. The van der Waals surface area contributed by atoms with Gasteiger partial charge in [0.05, 0.1) is 4.92 Å². The monoisotopic (exact) mass is 384 g/mol. The van der Waals surface area contributed by atoms with E-state index in [0.717, 1.165) is 11.4 Å². The second kappa shape index (κ2) is 8.46. The summed E-state index contributed by atoms with van der Waals surface area (Å²) in [5.74, 6) is 0.338. The number of carbonyl (C=O) groups excluding carboxylic acids is 1. The zero-order valence-electron chi connectivity index (χ0n) is 14.3. The number of aryl methyl sites for hydroxylation is 1. The Kier molecular flexibility index (Phi) is 5.83. The predicted molar refractivity (Wildman–Crippen MR) is 103 cm³/mol. The highest BCUT2D eigenvalue weighted by atomic mass is 35.5. The second-order valence-electron chi connectivity index (χ2n) is 5.84. The Morgan fingerprint density at radius 1 is 1.22 bits per heavy atom. The Hall–Kier alpha value is -3.19. The van der Waals surface area contributed by atoms with Gasteiger partial charge in [-0.1, -0.05) is 41.9 Å². The van der Waals surface area contributed by atoms with Gasteiger partial charge in [0, 0.05) is 42.1 Å². The molecule has 0 unspecified atom stereocenters. The molecule has 0 radical (unpaired) electrons. The summed E-state index contributed by atoms with van der Waals surface area (Å²) in [5, 5.41) is 14.0. The molecule has 0 spiro atoms. The molecule has 8 heteroatoms. The quantitative estimate of drug-likeness (QED) is 0.379. The molecular formula is C19H17ClN4O3. The number of nitro groups is 1. The Balaban J connectivity index is 1.59. The maximum Gasteiger partial charge on any atom is 0.282 e. The average Bonchev–Trinajstić information content (AvgIpc) is 3.14. The van der Waals surface area contributed by atoms with Gasteiger partial charge in [-0.25, -0.2) is 4.98 Å². The van der Waals surface area contributed by atoms with Gasteiger partial charge in [0.15, 0.2) is 0 Å². The van der Waals surface area contributed by atoms with Gasteiger partial charge in [-0.2, -0.15) is 0 Å².